The third-order valence-corrected chi connectivity index (χ3v) is 6.80. The zero-order chi connectivity index (χ0) is 22.9. The monoisotopic (exact) mass is 434 g/mol. The van der Waals surface area contributed by atoms with Crippen molar-refractivity contribution in [2.75, 3.05) is 6.54 Å². The van der Waals surface area contributed by atoms with E-state index in [2.05, 4.69) is 31.3 Å². The number of rotatable bonds is 9. The summed E-state index contributed by atoms with van der Waals surface area (Å²) in [5.41, 5.74) is 2.67. The van der Waals surface area contributed by atoms with Crippen LogP contribution in [0.3, 0.4) is 0 Å². The van der Waals surface area contributed by atoms with Gasteiger partial charge in [0.05, 0.1) is 6.04 Å². The van der Waals surface area contributed by atoms with Gasteiger partial charge in [-0.2, -0.15) is 0 Å². The Morgan fingerprint density at radius 3 is 2.31 bits per heavy atom. The van der Waals surface area contributed by atoms with Gasteiger partial charge in [-0.05, 0) is 56.2 Å². The standard InChI is InChI=1S/C28H38N2O2/c1-4-5-20-29-27(31)26(24-17-10-7-11-18-24)30(22(3)23-15-8-6-9-16-23)28(32)25-19-13-12-14-21(25)2/h6,8-9,12-16,19,22,24,26H,4-5,7,10-11,17-18,20H2,1-3H3,(H,29,31)/t22-,26?/m1/s1. The van der Waals surface area contributed by atoms with E-state index in [-0.39, 0.29) is 23.8 Å². The summed E-state index contributed by atoms with van der Waals surface area (Å²) in [5.74, 6) is 0.125. The van der Waals surface area contributed by atoms with Gasteiger partial charge < -0.3 is 10.2 Å². The first-order chi connectivity index (χ1) is 15.5. The lowest BCUT2D eigenvalue weighted by molar-refractivity contribution is -0.128. The third-order valence-electron chi connectivity index (χ3n) is 6.80. The van der Waals surface area contributed by atoms with Crippen molar-refractivity contribution >= 4 is 11.8 Å². The molecule has 1 N–H and O–H groups in total. The summed E-state index contributed by atoms with van der Waals surface area (Å²) in [4.78, 5) is 29.5. The fraction of sp³-hybridized carbons (Fsp3) is 0.500. The summed E-state index contributed by atoms with van der Waals surface area (Å²) in [5, 5.41) is 3.16. The zero-order valence-corrected chi connectivity index (χ0v) is 19.8. The first-order valence-electron chi connectivity index (χ1n) is 12.3. The van der Waals surface area contributed by atoms with Crippen LogP contribution in [0, 0.1) is 12.8 Å². The summed E-state index contributed by atoms with van der Waals surface area (Å²) in [6.07, 6.45) is 7.41. The lowest BCUT2D eigenvalue weighted by Crippen LogP contribution is -2.54. The number of hydrogen-bond donors (Lipinski definition) is 1. The van der Waals surface area contributed by atoms with E-state index >= 15 is 0 Å². The van der Waals surface area contributed by atoms with Crippen molar-refractivity contribution in [3.63, 3.8) is 0 Å². The lowest BCUT2D eigenvalue weighted by atomic mass is 9.81. The number of amides is 2. The van der Waals surface area contributed by atoms with Crippen molar-refractivity contribution in [3.8, 4) is 0 Å². The van der Waals surface area contributed by atoms with Gasteiger partial charge in [-0.1, -0.05) is 81.1 Å². The normalized spacial score (nSPS) is 16.2. The Kier molecular flexibility index (Phi) is 8.90. The second-order valence-corrected chi connectivity index (χ2v) is 9.10. The van der Waals surface area contributed by atoms with Crippen molar-refractivity contribution < 1.29 is 9.59 Å². The molecule has 1 unspecified atom stereocenters. The van der Waals surface area contributed by atoms with E-state index in [4.69, 9.17) is 0 Å². The molecular weight excluding hydrogens is 396 g/mol. The Labute approximate surface area is 193 Å². The lowest BCUT2D eigenvalue weighted by Gasteiger charge is -2.41. The molecule has 1 aliphatic rings. The number of unbranched alkanes of at least 4 members (excludes halogenated alkanes) is 1. The minimum atomic E-state index is -0.463. The van der Waals surface area contributed by atoms with Crippen LogP contribution in [-0.4, -0.2) is 29.3 Å². The van der Waals surface area contributed by atoms with Crippen LogP contribution in [0.25, 0.3) is 0 Å². The highest BCUT2D eigenvalue weighted by atomic mass is 16.2. The van der Waals surface area contributed by atoms with Gasteiger partial charge in [-0.3, -0.25) is 9.59 Å². The number of carbonyl (C=O) groups is 2. The Balaban J connectivity index is 2.04. The van der Waals surface area contributed by atoms with Gasteiger partial charge >= 0.3 is 0 Å². The van der Waals surface area contributed by atoms with Gasteiger partial charge in [0, 0.05) is 12.1 Å². The predicted molar refractivity (Wildman–Crippen MR) is 130 cm³/mol. The summed E-state index contributed by atoms with van der Waals surface area (Å²) >= 11 is 0. The molecule has 0 saturated heterocycles. The molecule has 4 heteroatoms. The molecule has 3 rings (SSSR count). The quantitative estimate of drug-likeness (QED) is 0.487. The molecule has 1 aliphatic carbocycles. The Bertz CT molecular complexity index is 874. The number of hydrogen-bond acceptors (Lipinski definition) is 2. The topological polar surface area (TPSA) is 49.4 Å². The van der Waals surface area contributed by atoms with Crippen molar-refractivity contribution in [2.45, 2.75) is 77.8 Å². The average Bonchev–Trinajstić information content (AvgIpc) is 2.83. The summed E-state index contributed by atoms with van der Waals surface area (Å²) in [6.45, 7) is 6.80. The third kappa shape index (κ3) is 5.79. The summed E-state index contributed by atoms with van der Waals surface area (Å²) in [7, 11) is 0. The largest absolute Gasteiger partial charge is 0.354 e. The van der Waals surface area contributed by atoms with Crippen LogP contribution < -0.4 is 5.32 Å². The van der Waals surface area contributed by atoms with E-state index in [0.717, 1.165) is 49.7 Å². The number of nitrogens with one attached hydrogen (secondary N) is 1. The first kappa shape index (κ1) is 24.0. The maximum Gasteiger partial charge on any atom is 0.255 e. The fourth-order valence-electron chi connectivity index (χ4n) is 4.90. The molecule has 0 radical (unpaired) electrons. The highest BCUT2D eigenvalue weighted by molar-refractivity contribution is 5.99. The Morgan fingerprint density at radius 1 is 1.00 bits per heavy atom. The number of nitrogens with zero attached hydrogens (tertiary/aromatic N) is 1. The van der Waals surface area contributed by atoms with Crippen molar-refractivity contribution in [1.82, 2.24) is 10.2 Å². The highest BCUT2D eigenvalue weighted by Crippen LogP contribution is 2.35. The molecule has 0 aromatic heterocycles. The molecule has 1 fully saturated rings. The molecule has 2 atom stereocenters. The van der Waals surface area contributed by atoms with Crippen LogP contribution in [0.5, 0.6) is 0 Å². The molecule has 0 heterocycles. The van der Waals surface area contributed by atoms with Crippen LogP contribution in [0.2, 0.25) is 0 Å². The zero-order valence-electron chi connectivity index (χ0n) is 19.8. The van der Waals surface area contributed by atoms with E-state index in [9.17, 15) is 9.59 Å². The molecule has 1 saturated carbocycles. The van der Waals surface area contributed by atoms with Crippen molar-refractivity contribution in [3.05, 3.63) is 71.3 Å². The number of benzene rings is 2. The van der Waals surface area contributed by atoms with Crippen LogP contribution in [0.4, 0.5) is 0 Å². The molecular formula is C28H38N2O2. The highest BCUT2D eigenvalue weighted by Gasteiger charge is 2.40. The van der Waals surface area contributed by atoms with Gasteiger partial charge in [-0.25, -0.2) is 0 Å². The average molecular weight is 435 g/mol. The van der Waals surface area contributed by atoms with Gasteiger partial charge in [0.1, 0.15) is 6.04 Å². The SMILES string of the molecule is CCCCNC(=O)C(C1CCCCC1)N(C(=O)c1ccccc1C)[C@H](C)c1ccccc1. The molecule has 4 nitrogen and oxygen atoms in total. The minimum Gasteiger partial charge on any atom is -0.354 e. The first-order valence-corrected chi connectivity index (χ1v) is 12.3. The van der Waals surface area contributed by atoms with E-state index in [1.807, 2.05) is 54.3 Å². The van der Waals surface area contributed by atoms with Crippen LogP contribution >= 0.6 is 0 Å². The van der Waals surface area contributed by atoms with Crippen molar-refractivity contribution in [2.24, 2.45) is 5.92 Å². The Hall–Kier alpha value is -2.62. The van der Waals surface area contributed by atoms with Crippen LogP contribution in [-0.2, 0) is 4.79 Å². The molecule has 0 aliphatic heterocycles. The fourth-order valence-corrected chi connectivity index (χ4v) is 4.90. The second kappa shape index (κ2) is 11.8. The predicted octanol–water partition coefficient (Wildman–Crippen LogP) is 6.06. The number of aryl methyl sites for hydroxylation is 1. The van der Waals surface area contributed by atoms with E-state index in [0.29, 0.717) is 12.1 Å². The number of carbonyl (C=O) groups excluding carboxylic acids is 2. The van der Waals surface area contributed by atoms with E-state index in [1.54, 1.807) is 0 Å². The van der Waals surface area contributed by atoms with E-state index < -0.39 is 6.04 Å². The molecule has 32 heavy (non-hydrogen) atoms. The van der Waals surface area contributed by atoms with Gasteiger partial charge in [0.15, 0.2) is 0 Å². The molecule has 0 bridgehead atoms. The molecule has 2 aromatic carbocycles. The van der Waals surface area contributed by atoms with Gasteiger partial charge in [0.25, 0.3) is 5.91 Å². The minimum absolute atomic E-state index is 0.00457. The van der Waals surface area contributed by atoms with E-state index in [1.165, 1.54) is 6.42 Å². The van der Waals surface area contributed by atoms with Crippen molar-refractivity contribution in [1.29, 1.82) is 0 Å². The molecule has 2 amide bonds. The molecule has 2 aromatic rings. The van der Waals surface area contributed by atoms with Crippen LogP contribution in [0.1, 0.15) is 86.3 Å². The van der Waals surface area contributed by atoms with Gasteiger partial charge in [0.2, 0.25) is 5.91 Å². The van der Waals surface area contributed by atoms with Crippen LogP contribution in [0.15, 0.2) is 54.6 Å². The summed E-state index contributed by atoms with van der Waals surface area (Å²) in [6, 6.07) is 17.1. The molecule has 0 spiro atoms. The van der Waals surface area contributed by atoms with Gasteiger partial charge in [-0.15, -0.1) is 0 Å². The Morgan fingerprint density at radius 2 is 1.66 bits per heavy atom. The second-order valence-electron chi connectivity index (χ2n) is 9.10. The maximum atomic E-state index is 14.0. The smallest absolute Gasteiger partial charge is 0.255 e. The molecule has 172 valence electrons. The summed E-state index contributed by atoms with van der Waals surface area (Å²) < 4.78 is 0. The maximum absolute atomic E-state index is 14.0.